The van der Waals surface area contributed by atoms with E-state index in [9.17, 15) is 4.79 Å². The summed E-state index contributed by atoms with van der Waals surface area (Å²) in [5, 5.41) is 3.14. The standard InChI is InChI=1S/C21H27N3O2.2ClH/c1-14-9-17(20(25)24-21(3,13-22)18-6-7-18)10-15(2)19(14)26-12-16-5-4-8-23-11-16;;/h4-5,8-11,18H,6-7,12-13,22H2,1-3H3,(H,24,25);2*1H. The summed E-state index contributed by atoms with van der Waals surface area (Å²) in [7, 11) is 0. The van der Waals surface area contributed by atoms with Crippen LogP contribution in [0, 0.1) is 19.8 Å². The summed E-state index contributed by atoms with van der Waals surface area (Å²) >= 11 is 0. The van der Waals surface area contributed by atoms with Gasteiger partial charge in [0.2, 0.25) is 0 Å². The topological polar surface area (TPSA) is 77.2 Å². The van der Waals surface area contributed by atoms with E-state index in [2.05, 4.69) is 10.3 Å². The van der Waals surface area contributed by atoms with E-state index in [4.69, 9.17) is 10.5 Å². The highest BCUT2D eigenvalue weighted by Crippen LogP contribution is 2.39. The maximum absolute atomic E-state index is 12.7. The van der Waals surface area contributed by atoms with E-state index in [1.807, 2.05) is 45.0 Å². The monoisotopic (exact) mass is 425 g/mol. The minimum Gasteiger partial charge on any atom is -0.488 e. The van der Waals surface area contributed by atoms with Crippen LogP contribution in [-0.2, 0) is 6.61 Å². The van der Waals surface area contributed by atoms with E-state index in [-0.39, 0.29) is 36.3 Å². The van der Waals surface area contributed by atoms with Gasteiger partial charge in [-0.15, -0.1) is 24.8 Å². The van der Waals surface area contributed by atoms with Crippen molar-refractivity contribution in [3.63, 3.8) is 0 Å². The maximum atomic E-state index is 12.7. The molecule has 2 aromatic rings. The fraction of sp³-hybridized carbons (Fsp3) is 0.429. The zero-order valence-corrected chi connectivity index (χ0v) is 18.2. The number of hydrogen-bond acceptors (Lipinski definition) is 4. The van der Waals surface area contributed by atoms with Gasteiger partial charge in [0.15, 0.2) is 0 Å². The smallest absolute Gasteiger partial charge is 0.251 e. The van der Waals surface area contributed by atoms with Crippen LogP contribution in [0.5, 0.6) is 5.75 Å². The van der Waals surface area contributed by atoms with Crippen molar-refractivity contribution in [2.75, 3.05) is 6.54 Å². The summed E-state index contributed by atoms with van der Waals surface area (Å²) in [5.74, 6) is 1.23. The summed E-state index contributed by atoms with van der Waals surface area (Å²) in [4.78, 5) is 16.8. The minimum absolute atomic E-state index is 0. The number of benzene rings is 1. The number of aromatic nitrogens is 1. The molecule has 1 saturated carbocycles. The largest absolute Gasteiger partial charge is 0.488 e. The molecule has 1 aromatic carbocycles. The first-order valence-corrected chi connectivity index (χ1v) is 9.08. The molecule has 5 nitrogen and oxygen atoms in total. The first-order valence-electron chi connectivity index (χ1n) is 9.08. The first-order chi connectivity index (χ1) is 12.4. The molecule has 28 heavy (non-hydrogen) atoms. The van der Waals surface area contributed by atoms with Crippen LogP contribution in [0.15, 0.2) is 36.7 Å². The van der Waals surface area contributed by atoms with E-state index in [0.29, 0.717) is 24.6 Å². The average Bonchev–Trinajstić information content (AvgIpc) is 3.47. The van der Waals surface area contributed by atoms with E-state index < -0.39 is 0 Å². The van der Waals surface area contributed by atoms with Crippen LogP contribution in [0.2, 0.25) is 0 Å². The third-order valence-electron chi connectivity index (χ3n) is 5.13. The lowest BCUT2D eigenvalue weighted by molar-refractivity contribution is 0.0897. The van der Waals surface area contributed by atoms with Crippen molar-refractivity contribution in [1.82, 2.24) is 10.3 Å². The van der Waals surface area contributed by atoms with E-state index in [1.165, 1.54) is 0 Å². The Morgan fingerprint density at radius 1 is 1.29 bits per heavy atom. The van der Waals surface area contributed by atoms with Crippen molar-refractivity contribution in [1.29, 1.82) is 0 Å². The average molecular weight is 426 g/mol. The Balaban J connectivity index is 0.00000196. The van der Waals surface area contributed by atoms with Crippen LogP contribution < -0.4 is 15.8 Å². The molecule has 1 atom stereocenters. The van der Waals surface area contributed by atoms with Gasteiger partial charge in [0.05, 0.1) is 5.54 Å². The molecule has 3 N–H and O–H groups in total. The Labute approximate surface area is 179 Å². The van der Waals surface area contributed by atoms with Crippen LogP contribution in [0.25, 0.3) is 0 Å². The van der Waals surface area contributed by atoms with Gasteiger partial charge in [0, 0.05) is 30.1 Å². The summed E-state index contributed by atoms with van der Waals surface area (Å²) in [5.41, 5.74) is 9.13. The predicted octanol–water partition coefficient (Wildman–Crippen LogP) is 3.98. The third-order valence-corrected chi connectivity index (χ3v) is 5.13. The van der Waals surface area contributed by atoms with E-state index in [0.717, 1.165) is 35.3 Å². The molecule has 154 valence electrons. The quantitative estimate of drug-likeness (QED) is 0.702. The van der Waals surface area contributed by atoms with Gasteiger partial charge in [0.25, 0.3) is 5.91 Å². The minimum atomic E-state index is -0.325. The molecule has 1 fully saturated rings. The van der Waals surface area contributed by atoms with Crippen molar-refractivity contribution < 1.29 is 9.53 Å². The zero-order valence-electron chi connectivity index (χ0n) is 16.5. The molecule has 1 aliphatic carbocycles. The highest BCUT2D eigenvalue weighted by molar-refractivity contribution is 5.95. The molecular weight excluding hydrogens is 397 g/mol. The number of nitrogens with one attached hydrogen (secondary N) is 1. The number of amides is 1. The number of nitrogens with zero attached hydrogens (tertiary/aromatic N) is 1. The van der Waals surface area contributed by atoms with Gasteiger partial charge in [-0.2, -0.15) is 0 Å². The summed E-state index contributed by atoms with van der Waals surface area (Å²) < 4.78 is 5.97. The molecule has 1 amide bonds. The Bertz CT molecular complexity index is 774. The van der Waals surface area contributed by atoms with Gasteiger partial charge >= 0.3 is 0 Å². The Kier molecular flexibility index (Phi) is 8.74. The number of rotatable bonds is 7. The second kappa shape index (κ2) is 10.1. The lowest BCUT2D eigenvalue weighted by Crippen LogP contribution is -2.53. The van der Waals surface area contributed by atoms with Crippen LogP contribution in [0.4, 0.5) is 0 Å². The number of carbonyl (C=O) groups is 1. The van der Waals surface area contributed by atoms with Crippen molar-refractivity contribution in [3.8, 4) is 5.75 Å². The van der Waals surface area contributed by atoms with Crippen molar-refractivity contribution >= 4 is 30.7 Å². The molecule has 1 unspecified atom stereocenters. The number of ether oxygens (including phenoxy) is 1. The summed E-state index contributed by atoms with van der Waals surface area (Å²) in [6.45, 7) is 6.87. The molecule has 0 bridgehead atoms. The zero-order chi connectivity index (χ0) is 18.7. The fourth-order valence-electron chi connectivity index (χ4n) is 3.32. The van der Waals surface area contributed by atoms with Gasteiger partial charge in [0.1, 0.15) is 12.4 Å². The number of pyridine rings is 1. The molecule has 0 saturated heterocycles. The van der Waals surface area contributed by atoms with Crippen LogP contribution in [0.1, 0.15) is 46.8 Å². The highest BCUT2D eigenvalue weighted by Gasteiger charge is 2.41. The number of hydrogen-bond donors (Lipinski definition) is 2. The molecular formula is C21H29Cl2N3O2. The van der Waals surface area contributed by atoms with Gasteiger partial charge in [-0.3, -0.25) is 9.78 Å². The predicted molar refractivity (Wildman–Crippen MR) is 117 cm³/mol. The van der Waals surface area contributed by atoms with Gasteiger partial charge in [-0.25, -0.2) is 0 Å². The third kappa shape index (κ3) is 5.60. The molecule has 1 aliphatic rings. The van der Waals surface area contributed by atoms with Crippen LogP contribution in [-0.4, -0.2) is 23.0 Å². The second-order valence-electron chi connectivity index (χ2n) is 7.44. The molecule has 0 spiro atoms. The van der Waals surface area contributed by atoms with E-state index >= 15 is 0 Å². The molecule has 3 rings (SSSR count). The van der Waals surface area contributed by atoms with E-state index in [1.54, 1.807) is 12.4 Å². The summed E-state index contributed by atoms with van der Waals surface area (Å²) in [6, 6.07) is 7.63. The molecule has 0 aliphatic heterocycles. The Morgan fingerprint density at radius 2 is 1.93 bits per heavy atom. The Morgan fingerprint density at radius 3 is 2.43 bits per heavy atom. The number of carbonyl (C=O) groups excluding carboxylic acids is 1. The first kappa shape index (κ1) is 24.2. The number of aryl methyl sites for hydroxylation is 2. The molecule has 1 aromatic heterocycles. The molecule has 1 heterocycles. The Hall–Kier alpha value is -1.82. The lowest BCUT2D eigenvalue weighted by Gasteiger charge is -2.29. The number of nitrogens with two attached hydrogens (primary N) is 1. The highest BCUT2D eigenvalue weighted by atomic mass is 35.5. The summed E-state index contributed by atoms with van der Waals surface area (Å²) in [6.07, 6.45) is 5.79. The van der Waals surface area contributed by atoms with Gasteiger partial charge in [-0.1, -0.05) is 6.07 Å². The van der Waals surface area contributed by atoms with Crippen molar-refractivity contribution in [2.24, 2.45) is 11.7 Å². The van der Waals surface area contributed by atoms with Crippen molar-refractivity contribution in [3.05, 3.63) is 58.9 Å². The maximum Gasteiger partial charge on any atom is 0.251 e. The normalized spacial score (nSPS) is 14.9. The fourth-order valence-corrected chi connectivity index (χ4v) is 3.32. The SMILES string of the molecule is Cc1cc(C(=O)NC(C)(CN)C2CC2)cc(C)c1OCc1cccnc1.Cl.Cl. The van der Waals surface area contributed by atoms with Gasteiger partial charge in [-0.05, 0) is 68.9 Å². The molecule has 0 radical (unpaired) electrons. The number of halogens is 2. The van der Waals surface area contributed by atoms with Crippen molar-refractivity contribution in [2.45, 2.75) is 45.8 Å². The van der Waals surface area contributed by atoms with Crippen LogP contribution in [0.3, 0.4) is 0 Å². The lowest BCUT2D eigenvalue weighted by atomic mass is 9.95. The van der Waals surface area contributed by atoms with Gasteiger partial charge < -0.3 is 15.8 Å². The second-order valence-corrected chi connectivity index (χ2v) is 7.44. The molecule has 7 heteroatoms. The van der Waals surface area contributed by atoms with Crippen LogP contribution >= 0.6 is 24.8 Å².